The van der Waals surface area contributed by atoms with Crippen LogP contribution in [0.25, 0.3) is 0 Å². The van der Waals surface area contributed by atoms with Gasteiger partial charge in [0.25, 0.3) is 0 Å². The third-order valence-corrected chi connectivity index (χ3v) is 4.74. The number of rotatable bonds is 13. The van der Waals surface area contributed by atoms with Crippen LogP contribution >= 0.6 is 0 Å². The van der Waals surface area contributed by atoms with E-state index >= 15 is 0 Å². The molecule has 3 nitrogen and oxygen atoms in total. The average Bonchev–Trinajstić information content (AvgIpc) is 2.60. The maximum atomic E-state index is 10.3. The van der Waals surface area contributed by atoms with Crippen LogP contribution in [0.3, 0.4) is 0 Å². The lowest BCUT2D eigenvalue weighted by Crippen LogP contribution is -2.39. The number of phenols is 1. The van der Waals surface area contributed by atoms with Gasteiger partial charge in [-0.05, 0) is 25.0 Å². The van der Waals surface area contributed by atoms with Crippen LogP contribution in [0.2, 0.25) is 0 Å². The first kappa shape index (κ1) is 21.0. The van der Waals surface area contributed by atoms with E-state index in [1.54, 1.807) is 13.2 Å². The number of hydrogen-bond acceptors (Lipinski definition) is 3. The molecule has 0 bridgehead atoms. The van der Waals surface area contributed by atoms with Crippen molar-refractivity contribution in [3.8, 4) is 5.75 Å². The fourth-order valence-electron chi connectivity index (χ4n) is 3.30. The van der Waals surface area contributed by atoms with Gasteiger partial charge in [0.2, 0.25) is 5.79 Å². The van der Waals surface area contributed by atoms with Crippen LogP contribution in [0.4, 0.5) is 0 Å². The van der Waals surface area contributed by atoms with Crippen LogP contribution in [0, 0.1) is 5.92 Å². The summed E-state index contributed by atoms with van der Waals surface area (Å²) in [5.74, 6) is -0.455. The third-order valence-electron chi connectivity index (χ3n) is 4.74. The maximum Gasteiger partial charge on any atom is 0.200 e. The van der Waals surface area contributed by atoms with Crippen LogP contribution in [0.5, 0.6) is 5.75 Å². The minimum absolute atomic E-state index is 0.175. The summed E-state index contributed by atoms with van der Waals surface area (Å²) in [6.07, 6.45) is 9.59. The van der Waals surface area contributed by atoms with E-state index in [1.807, 2.05) is 18.2 Å². The van der Waals surface area contributed by atoms with Crippen LogP contribution in [0.15, 0.2) is 24.3 Å². The molecule has 0 spiro atoms. The molecule has 0 heterocycles. The van der Waals surface area contributed by atoms with Crippen molar-refractivity contribution in [1.82, 2.24) is 0 Å². The summed E-state index contributed by atoms with van der Waals surface area (Å²) in [6, 6.07) is 7.37. The molecule has 0 radical (unpaired) electrons. The molecular formula is C21H36O3. The molecular weight excluding hydrogens is 300 g/mol. The molecule has 2 unspecified atom stereocenters. The van der Waals surface area contributed by atoms with Crippen LogP contribution < -0.4 is 0 Å². The summed E-state index contributed by atoms with van der Waals surface area (Å²) in [5, 5.41) is 10.3. The lowest BCUT2D eigenvalue weighted by Gasteiger charge is -2.38. The molecule has 0 aliphatic rings. The SMILES string of the molecule is CCCCCCCCC(C)C(OC)(OCCC)c1ccccc1O. The number of methoxy groups -OCH3 is 1. The molecule has 1 N–H and O–H groups in total. The van der Waals surface area contributed by atoms with Gasteiger partial charge in [0.05, 0.1) is 12.2 Å². The summed E-state index contributed by atoms with van der Waals surface area (Å²) in [4.78, 5) is 0. The van der Waals surface area contributed by atoms with Crippen molar-refractivity contribution in [2.24, 2.45) is 5.92 Å². The lowest BCUT2D eigenvalue weighted by atomic mass is 9.87. The molecule has 0 aliphatic carbocycles. The zero-order valence-electron chi connectivity index (χ0n) is 16.0. The Bertz CT molecular complexity index is 446. The Morgan fingerprint density at radius 3 is 2.29 bits per heavy atom. The molecule has 0 saturated heterocycles. The van der Waals surface area contributed by atoms with E-state index in [2.05, 4.69) is 20.8 Å². The molecule has 3 heteroatoms. The highest BCUT2D eigenvalue weighted by atomic mass is 16.7. The Morgan fingerprint density at radius 1 is 1.00 bits per heavy atom. The first-order valence-electron chi connectivity index (χ1n) is 9.59. The Labute approximate surface area is 148 Å². The summed E-state index contributed by atoms with van der Waals surface area (Å²) in [6.45, 7) is 7.11. The Balaban J connectivity index is 2.79. The number of hydrogen-bond donors (Lipinski definition) is 1. The lowest BCUT2D eigenvalue weighted by molar-refractivity contribution is -0.263. The predicted molar refractivity (Wildman–Crippen MR) is 100 cm³/mol. The van der Waals surface area contributed by atoms with Crippen LogP contribution in [0.1, 0.15) is 77.7 Å². The molecule has 1 aromatic carbocycles. The zero-order chi connectivity index (χ0) is 17.8. The summed E-state index contributed by atoms with van der Waals surface area (Å²) >= 11 is 0. The summed E-state index contributed by atoms with van der Waals surface area (Å²) in [7, 11) is 1.68. The van der Waals surface area contributed by atoms with Gasteiger partial charge in [-0.25, -0.2) is 0 Å². The largest absolute Gasteiger partial charge is 0.507 e. The van der Waals surface area contributed by atoms with E-state index in [0.717, 1.165) is 18.4 Å². The Morgan fingerprint density at radius 2 is 1.67 bits per heavy atom. The number of unbranched alkanes of at least 4 members (excludes halogenated alkanes) is 5. The van der Waals surface area contributed by atoms with Crippen LogP contribution in [-0.2, 0) is 15.3 Å². The summed E-state index contributed by atoms with van der Waals surface area (Å²) < 4.78 is 12.1. The molecule has 0 aromatic heterocycles. The van der Waals surface area contributed by atoms with E-state index in [1.165, 1.54) is 38.5 Å². The molecule has 0 amide bonds. The van der Waals surface area contributed by atoms with Gasteiger partial charge in [-0.3, -0.25) is 0 Å². The van der Waals surface area contributed by atoms with Gasteiger partial charge in [0.1, 0.15) is 5.75 Å². The number of para-hydroxylation sites is 1. The van der Waals surface area contributed by atoms with Gasteiger partial charge in [-0.15, -0.1) is 0 Å². The zero-order valence-corrected chi connectivity index (χ0v) is 16.0. The normalized spacial score (nSPS) is 15.2. The number of aromatic hydroxyl groups is 1. The third kappa shape index (κ3) is 5.78. The minimum atomic E-state index is -0.870. The molecule has 138 valence electrons. The van der Waals surface area contributed by atoms with Gasteiger partial charge in [-0.1, -0.05) is 71.4 Å². The van der Waals surface area contributed by atoms with E-state index in [9.17, 15) is 5.11 Å². The Kier molecular flexibility index (Phi) is 10.0. The van der Waals surface area contributed by atoms with Gasteiger partial charge >= 0.3 is 0 Å². The molecule has 1 aromatic rings. The molecule has 0 saturated carbocycles. The summed E-state index contributed by atoms with van der Waals surface area (Å²) in [5.41, 5.74) is 0.736. The smallest absolute Gasteiger partial charge is 0.200 e. The molecule has 0 aliphatic heterocycles. The fourth-order valence-corrected chi connectivity index (χ4v) is 3.30. The topological polar surface area (TPSA) is 38.7 Å². The monoisotopic (exact) mass is 336 g/mol. The van der Waals surface area contributed by atoms with Crippen molar-refractivity contribution >= 4 is 0 Å². The fraction of sp³-hybridized carbons (Fsp3) is 0.714. The van der Waals surface area contributed by atoms with Crippen molar-refractivity contribution in [2.45, 2.75) is 77.9 Å². The van der Waals surface area contributed by atoms with Gasteiger partial charge in [0, 0.05) is 13.0 Å². The second-order valence-electron chi connectivity index (χ2n) is 6.69. The Hall–Kier alpha value is -1.06. The van der Waals surface area contributed by atoms with Crippen molar-refractivity contribution in [3.05, 3.63) is 29.8 Å². The molecule has 0 fully saturated rings. The second-order valence-corrected chi connectivity index (χ2v) is 6.69. The first-order chi connectivity index (χ1) is 11.6. The van der Waals surface area contributed by atoms with Gasteiger partial charge in [-0.2, -0.15) is 0 Å². The van der Waals surface area contributed by atoms with E-state index in [4.69, 9.17) is 9.47 Å². The van der Waals surface area contributed by atoms with Crippen molar-refractivity contribution < 1.29 is 14.6 Å². The first-order valence-corrected chi connectivity index (χ1v) is 9.59. The van der Waals surface area contributed by atoms with Crippen molar-refractivity contribution in [3.63, 3.8) is 0 Å². The van der Waals surface area contributed by atoms with Crippen molar-refractivity contribution in [2.75, 3.05) is 13.7 Å². The second kappa shape index (κ2) is 11.5. The van der Waals surface area contributed by atoms with E-state index < -0.39 is 5.79 Å². The van der Waals surface area contributed by atoms with Gasteiger partial charge in [0.15, 0.2) is 0 Å². The molecule has 2 atom stereocenters. The average molecular weight is 337 g/mol. The van der Waals surface area contributed by atoms with Crippen molar-refractivity contribution in [1.29, 1.82) is 0 Å². The minimum Gasteiger partial charge on any atom is -0.507 e. The molecule has 24 heavy (non-hydrogen) atoms. The van der Waals surface area contributed by atoms with Crippen LogP contribution in [-0.4, -0.2) is 18.8 Å². The van der Waals surface area contributed by atoms with Gasteiger partial charge < -0.3 is 14.6 Å². The highest BCUT2D eigenvalue weighted by Gasteiger charge is 2.41. The number of ether oxygens (including phenoxy) is 2. The number of benzene rings is 1. The predicted octanol–water partition coefficient (Wildman–Crippen LogP) is 6.00. The highest BCUT2D eigenvalue weighted by molar-refractivity contribution is 5.36. The molecule has 1 rings (SSSR count). The maximum absolute atomic E-state index is 10.3. The van der Waals surface area contributed by atoms with E-state index in [0.29, 0.717) is 6.61 Å². The standard InChI is InChI=1S/C21H36O3/c1-5-7-8-9-10-11-14-18(3)21(23-4,24-17-6-2)19-15-12-13-16-20(19)22/h12-13,15-16,18,22H,5-11,14,17H2,1-4H3. The number of phenolic OH excluding ortho intramolecular Hbond substituents is 1. The quantitative estimate of drug-likeness (QED) is 0.354. The highest BCUT2D eigenvalue weighted by Crippen LogP contribution is 2.41. The van der Waals surface area contributed by atoms with E-state index in [-0.39, 0.29) is 11.7 Å².